The number of methoxy groups -OCH3 is 3. The molecule has 1 aromatic carbocycles. The summed E-state index contributed by atoms with van der Waals surface area (Å²) in [6, 6.07) is 7.58. The molecular weight excluding hydrogens is 388 g/mol. The van der Waals surface area contributed by atoms with Crippen molar-refractivity contribution in [3.8, 4) is 5.75 Å². The number of aromatic hydroxyl groups is 1. The summed E-state index contributed by atoms with van der Waals surface area (Å²) in [4.78, 5) is 0. The Hall–Kier alpha value is -1.62. The van der Waals surface area contributed by atoms with E-state index in [1.54, 1.807) is 27.4 Å². The summed E-state index contributed by atoms with van der Waals surface area (Å²) in [6.45, 7) is 4.32. The van der Waals surface area contributed by atoms with Crippen LogP contribution in [-0.4, -0.2) is 32.4 Å². The molecule has 0 bridgehead atoms. The molecule has 4 nitrogen and oxygen atoms in total. The van der Waals surface area contributed by atoms with Gasteiger partial charge in [-0.3, -0.25) is 0 Å². The molecule has 0 aliphatic carbocycles. The van der Waals surface area contributed by atoms with Crippen molar-refractivity contribution in [1.82, 2.24) is 0 Å². The Morgan fingerprint density at radius 3 is 2.29 bits per heavy atom. The molecule has 2 atom stereocenters. The lowest BCUT2D eigenvalue weighted by Crippen LogP contribution is -2.45. The summed E-state index contributed by atoms with van der Waals surface area (Å²) in [5.41, 5.74) is 1.21. The third kappa shape index (κ3) is 10.0. The molecule has 1 N–H and O–H groups in total. The number of phenolic OH excluding ortho intramolecular Hbond substituents is 1. The van der Waals surface area contributed by atoms with Gasteiger partial charge in [-0.2, -0.15) is 0 Å². The maximum Gasteiger partial charge on any atom is 0.285 e. The first-order valence-electron chi connectivity index (χ1n) is 11.8. The number of unbranched alkanes of at least 4 members (excludes halogenated alkanes) is 5. The van der Waals surface area contributed by atoms with Crippen molar-refractivity contribution >= 4 is 0 Å². The van der Waals surface area contributed by atoms with Gasteiger partial charge >= 0.3 is 0 Å². The number of rotatable bonds is 17. The van der Waals surface area contributed by atoms with E-state index in [1.807, 2.05) is 12.1 Å². The number of ether oxygens (including phenoxy) is 3. The number of phenols is 1. The number of aryl methyl sites for hydroxylation is 1. The van der Waals surface area contributed by atoms with Gasteiger partial charge in [0.1, 0.15) is 5.75 Å². The van der Waals surface area contributed by atoms with Crippen LogP contribution >= 0.6 is 0 Å². The standard InChI is InChI=1S/C27H44O4/c1-6-7-8-14-19-25(23(2)27(29-3,30-4)31-5)20-15-12-10-9-11-13-17-24-18-16-21-26(28)22-24/h8,14-16,18,20-23,25,28H,6-7,9-13,17,19H2,1-5H3/b14-8+,20-15+. The molecule has 1 rings (SSSR count). The van der Waals surface area contributed by atoms with Gasteiger partial charge in [0, 0.05) is 27.2 Å². The van der Waals surface area contributed by atoms with Crippen LogP contribution in [0.25, 0.3) is 0 Å². The Balaban J connectivity index is 2.48. The van der Waals surface area contributed by atoms with Gasteiger partial charge in [0.2, 0.25) is 0 Å². The highest BCUT2D eigenvalue weighted by Crippen LogP contribution is 2.33. The second kappa shape index (κ2) is 16.1. The van der Waals surface area contributed by atoms with E-state index in [0.717, 1.165) is 38.5 Å². The van der Waals surface area contributed by atoms with Gasteiger partial charge in [0.25, 0.3) is 5.97 Å². The number of hydrogen-bond acceptors (Lipinski definition) is 4. The van der Waals surface area contributed by atoms with Crippen molar-refractivity contribution in [3.63, 3.8) is 0 Å². The molecule has 0 saturated carbocycles. The smallest absolute Gasteiger partial charge is 0.285 e. The maximum absolute atomic E-state index is 9.54. The maximum atomic E-state index is 9.54. The third-order valence-corrected chi connectivity index (χ3v) is 5.96. The lowest BCUT2D eigenvalue weighted by atomic mass is 9.87. The minimum Gasteiger partial charge on any atom is -0.508 e. The quantitative estimate of drug-likeness (QED) is 0.163. The summed E-state index contributed by atoms with van der Waals surface area (Å²) < 4.78 is 16.8. The van der Waals surface area contributed by atoms with Crippen molar-refractivity contribution in [1.29, 1.82) is 0 Å². The molecular formula is C27H44O4. The predicted octanol–water partition coefficient (Wildman–Crippen LogP) is 7.03. The lowest BCUT2D eigenvalue weighted by Gasteiger charge is -2.37. The monoisotopic (exact) mass is 432 g/mol. The highest BCUT2D eigenvalue weighted by Gasteiger charge is 2.40. The topological polar surface area (TPSA) is 47.9 Å². The summed E-state index contributed by atoms with van der Waals surface area (Å²) in [6.07, 6.45) is 19.2. The molecule has 0 heterocycles. The van der Waals surface area contributed by atoms with Gasteiger partial charge in [0.15, 0.2) is 0 Å². The zero-order valence-corrected chi connectivity index (χ0v) is 20.3. The van der Waals surface area contributed by atoms with Crippen LogP contribution in [0.4, 0.5) is 0 Å². The summed E-state index contributed by atoms with van der Waals surface area (Å²) in [7, 11) is 4.90. The lowest BCUT2D eigenvalue weighted by molar-refractivity contribution is -0.380. The molecule has 4 heteroatoms. The van der Waals surface area contributed by atoms with Gasteiger partial charge in [-0.1, -0.05) is 69.5 Å². The van der Waals surface area contributed by atoms with Crippen LogP contribution in [0.3, 0.4) is 0 Å². The SMILES string of the molecule is CCC/C=C/CC(/C=C/CCCCCCc1cccc(O)c1)C(C)C(OC)(OC)OC. The molecule has 0 aromatic heterocycles. The molecule has 1 aromatic rings. The number of benzene rings is 1. The van der Waals surface area contributed by atoms with Gasteiger partial charge in [0.05, 0.1) is 0 Å². The summed E-state index contributed by atoms with van der Waals surface area (Å²) >= 11 is 0. The second-order valence-electron chi connectivity index (χ2n) is 8.22. The Kier molecular flexibility index (Phi) is 14.2. The molecule has 0 saturated heterocycles. The van der Waals surface area contributed by atoms with E-state index in [4.69, 9.17) is 14.2 Å². The first kappa shape index (κ1) is 27.4. The molecule has 0 spiro atoms. The third-order valence-electron chi connectivity index (χ3n) is 5.96. The zero-order chi connectivity index (χ0) is 23.0. The van der Waals surface area contributed by atoms with Crippen LogP contribution < -0.4 is 0 Å². The molecule has 2 unspecified atom stereocenters. The Labute approximate surface area is 190 Å². The fraction of sp³-hybridized carbons (Fsp3) is 0.630. The van der Waals surface area contributed by atoms with Gasteiger partial charge in [-0.25, -0.2) is 0 Å². The highest BCUT2D eigenvalue weighted by atomic mass is 16.9. The average Bonchev–Trinajstić information content (AvgIpc) is 2.78. The first-order valence-corrected chi connectivity index (χ1v) is 11.8. The highest BCUT2D eigenvalue weighted by molar-refractivity contribution is 5.27. The van der Waals surface area contributed by atoms with E-state index in [0.29, 0.717) is 5.75 Å². The summed E-state index contributed by atoms with van der Waals surface area (Å²) in [5, 5.41) is 9.54. The largest absolute Gasteiger partial charge is 0.508 e. The van der Waals surface area contributed by atoms with Crippen LogP contribution in [0.5, 0.6) is 5.75 Å². The fourth-order valence-corrected chi connectivity index (χ4v) is 3.98. The van der Waals surface area contributed by atoms with Gasteiger partial charge in [-0.05, 0) is 62.1 Å². The molecule has 0 aliphatic rings. The van der Waals surface area contributed by atoms with E-state index < -0.39 is 5.97 Å². The van der Waals surface area contributed by atoms with E-state index in [1.165, 1.54) is 24.8 Å². The number of allylic oxidation sites excluding steroid dienone is 4. The zero-order valence-electron chi connectivity index (χ0n) is 20.3. The predicted molar refractivity (Wildman–Crippen MR) is 129 cm³/mol. The van der Waals surface area contributed by atoms with Crippen LogP contribution in [0, 0.1) is 11.8 Å². The fourth-order valence-electron chi connectivity index (χ4n) is 3.98. The first-order chi connectivity index (χ1) is 15.0. The Morgan fingerprint density at radius 2 is 1.65 bits per heavy atom. The van der Waals surface area contributed by atoms with E-state index in [2.05, 4.69) is 44.2 Å². The van der Waals surface area contributed by atoms with Crippen LogP contribution in [0.1, 0.15) is 70.8 Å². The molecule has 176 valence electrons. The summed E-state index contributed by atoms with van der Waals surface area (Å²) in [5.74, 6) is -0.342. The average molecular weight is 433 g/mol. The molecule has 0 aliphatic heterocycles. The van der Waals surface area contributed by atoms with Crippen molar-refractivity contribution in [3.05, 3.63) is 54.1 Å². The van der Waals surface area contributed by atoms with Crippen LogP contribution in [0.2, 0.25) is 0 Å². The van der Waals surface area contributed by atoms with Crippen molar-refractivity contribution < 1.29 is 19.3 Å². The Morgan fingerprint density at radius 1 is 0.935 bits per heavy atom. The van der Waals surface area contributed by atoms with Gasteiger partial charge < -0.3 is 19.3 Å². The Bertz CT molecular complexity index is 626. The van der Waals surface area contributed by atoms with Crippen molar-refractivity contribution in [2.24, 2.45) is 11.8 Å². The molecule has 31 heavy (non-hydrogen) atoms. The van der Waals surface area contributed by atoms with Crippen LogP contribution in [0.15, 0.2) is 48.6 Å². The normalized spacial score (nSPS) is 14.5. The van der Waals surface area contributed by atoms with E-state index in [9.17, 15) is 5.11 Å². The molecule has 0 amide bonds. The molecule has 0 radical (unpaired) electrons. The second-order valence-corrected chi connectivity index (χ2v) is 8.22. The molecule has 0 fully saturated rings. The van der Waals surface area contributed by atoms with E-state index >= 15 is 0 Å². The van der Waals surface area contributed by atoms with Crippen molar-refractivity contribution in [2.45, 2.75) is 77.6 Å². The van der Waals surface area contributed by atoms with Crippen LogP contribution in [-0.2, 0) is 20.6 Å². The number of hydrogen-bond donors (Lipinski definition) is 1. The van der Waals surface area contributed by atoms with E-state index in [-0.39, 0.29) is 11.8 Å². The minimum atomic E-state index is -1.03. The van der Waals surface area contributed by atoms with Gasteiger partial charge in [-0.15, -0.1) is 0 Å². The van der Waals surface area contributed by atoms with Crippen molar-refractivity contribution in [2.75, 3.05) is 21.3 Å². The minimum absolute atomic E-state index is 0.0531.